The van der Waals surface area contributed by atoms with E-state index in [0.717, 1.165) is 36.0 Å². The molecule has 28 heavy (non-hydrogen) atoms. The van der Waals surface area contributed by atoms with Crippen LogP contribution in [0.2, 0.25) is 0 Å². The van der Waals surface area contributed by atoms with Gasteiger partial charge < -0.3 is 14.2 Å². The van der Waals surface area contributed by atoms with Gasteiger partial charge in [-0.1, -0.05) is 18.6 Å². The first kappa shape index (κ1) is 17.9. The van der Waals surface area contributed by atoms with E-state index in [1.165, 1.54) is 43.7 Å². The summed E-state index contributed by atoms with van der Waals surface area (Å²) in [6.07, 6.45) is 6.04. The molecular formula is C22H24N2O3S. The molecule has 0 saturated carbocycles. The number of hydrogen-bond donors (Lipinski definition) is 0. The van der Waals surface area contributed by atoms with Crippen molar-refractivity contribution in [1.82, 2.24) is 9.80 Å². The number of fused-ring (bicyclic) bond motifs is 3. The van der Waals surface area contributed by atoms with Gasteiger partial charge >= 0.3 is 5.63 Å². The van der Waals surface area contributed by atoms with Crippen molar-refractivity contribution >= 4 is 38.3 Å². The molecule has 5 rings (SSSR count). The monoisotopic (exact) mass is 396 g/mol. The van der Waals surface area contributed by atoms with Crippen LogP contribution in [0, 0.1) is 0 Å². The number of likely N-dealkylation sites (tertiary alicyclic amines) is 2. The van der Waals surface area contributed by atoms with Crippen LogP contribution in [0.25, 0.3) is 21.1 Å². The molecule has 0 atom stereocenters. The number of rotatable bonds is 2. The van der Waals surface area contributed by atoms with Crippen molar-refractivity contribution in [3.63, 3.8) is 0 Å². The van der Waals surface area contributed by atoms with Gasteiger partial charge in [0, 0.05) is 24.5 Å². The first-order valence-electron chi connectivity index (χ1n) is 10.2. The van der Waals surface area contributed by atoms with Crippen molar-refractivity contribution in [3.8, 4) is 0 Å². The average Bonchev–Trinajstić information content (AvgIpc) is 3.21. The normalized spacial score (nSPS) is 19.5. The van der Waals surface area contributed by atoms with Gasteiger partial charge in [-0.15, -0.1) is 11.3 Å². The second kappa shape index (κ2) is 7.33. The minimum absolute atomic E-state index is 0.0433. The number of hydrogen-bond acceptors (Lipinski definition) is 5. The van der Waals surface area contributed by atoms with E-state index >= 15 is 0 Å². The minimum atomic E-state index is -0.368. The van der Waals surface area contributed by atoms with Crippen LogP contribution in [-0.4, -0.2) is 47.9 Å². The summed E-state index contributed by atoms with van der Waals surface area (Å²) < 4.78 is 6.26. The molecular weight excluding hydrogens is 372 g/mol. The number of piperidine rings is 2. The molecule has 146 valence electrons. The molecule has 2 aromatic heterocycles. The second-order valence-electron chi connectivity index (χ2n) is 7.86. The maximum atomic E-state index is 13.1. The van der Waals surface area contributed by atoms with Crippen molar-refractivity contribution in [1.29, 1.82) is 0 Å². The van der Waals surface area contributed by atoms with E-state index in [2.05, 4.69) is 4.90 Å². The summed E-state index contributed by atoms with van der Waals surface area (Å²) in [4.78, 5) is 30.6. The third-order valence-electron chi connectivity index (χ3n) is 6.16. The number of nitrogens with zero attached hydrogens (tertiary/aromatic N) is 2. The Balaban J connectivity index is 1.37. The molecule has 4 heterocycles. The lowest BCUT2D eigenvalue weighted by Crippen LogP contribution is -2.48. The standard InChI is InChI=1S/C22H24N2O3S/c25-21(24-12-8-15(9-13-24)23-10-4-1-5-11-23)19-14-17-20(28-19)16-6-2-3-7-18(16)27-22(17)26/h2-3,6-7,14-15H,1,4-5,8-13H2. The van der Waals surface area contributed by atoms with Crippen molar-refractivity contribution < 1.29 is 9.21 Å². The highest BCUT2D eigenvalue weighted by molar-refractivity contribution is 7.21. The van der Waals surface area contributed by atoms with Crippen molar-refractivity contribution in [3.05, 3.63) is 45.6 Å². The van der Waals surface area contributed by atoms with Crippen LogP contribution >= 0.6 is 11.3 Å². The quantitative estimate of drug-likeness (QED) is 0.612. The Labute approximate surface area is 167 Å². The highest BCUT2D eigenvalue weighted by atomic mass is 32.1. The summed E-state index contributed by atoms with van der Waals surface area (Å²) in [5.74, 6) is 0.0433. The molecule has 1 aromatic carbocycles. The van der Waals surface area contributed by atoms with Crippen LogP contribution in [0.15, 0.2) is 39.5 Å². The molecule has 0 unspecified atom stereocenters. The number of carbonyl (C=O) groups is 1. The molecule has 0 spiro atoms. The predicted octanol–water partition coefficient (Wildman–Crippen LogP) is 4.10. The summed E-state index contributed by atoms with van der Waals surface area (Å²) in [6.45, 7) is 4.00. The van der Waals surface area contributed by atoms with E-state index in [4.69, 9.17) is 4.42 Å². The van der Waals surface area contributed by atoms with E-state index in [0.29, 0.717) is 21.9 Å². The number of benzene rings is 1. The fourth-order valence-corrected chi connectivity index (χ4v) is 5.76. The molecule has 0 aliphatic carbocycles. The lowest BCUT2D eigenvalue weighted by molar-refractivity contribution is 0.0594. The Morgan fingerprint density at radius 3 is 2.54 bits per heavy atom. The van der Waals surface area contributed by atoms with E-state index < -0.39 is 0 Å². The SMILES string of the molecule is O=C(c1cc2c(=O)oc3ccccc3c2s1)N1CCC(N2CCCCC2)CC1. The number of carbonyl (C=O) groups excluding carboxylic acids is 1. The van der Waals surface area contributed by atoms with Gasteiger partial charge in [0.1, 0.15) is 5.58 Å². The Kier molecular flexibility index (Phi) is 4.69. The number of para-hydroxylation sites is 1. The summed E-state index contributed by atoms with van der Waals surface area (Å²) >= 11 is 1.41. The van der Waals surface area contributed by atoms with Crippen molar-refractivity contribution in [2.45, 2.75) is 38.1 Å². The molecule has 2 saturated heterocycles. The van der Waals surface area contributed by atoms with Crippen LogP contribution in [0.3, 0.4) is 0 Å². The minimum Gasteiger partial charge on any atom is -0.422 e. The Morgan fingerprint density at radius 2 is 1.75 bits per heavy atom. The topological polar surface area (TPSA) is 53.8 Å². The maximum absolute atomic E-state index is 13.1. The Morgan fingerprint density at radius 1 is 1.00 bits per heavy atom. The zero-order valence-corrected chi connectivity index (χ0v) is 16.7. The zero-order chi connectivity index (χ0) is 19.1. The highest BCUT2D eigenvalue weighted by Gasteiger charge is 2.29. The van der Waals surface area contributed by atoms with Gasteiger partial charge in [-0.2, -0.15) is 0 Å². The van der Waals surface area contributed by atoms with E-state index in [9.17, 15) is 9.59 Å². The van der Waals surface area contributed by atoms with Crippen LogP contribution in [0.1, 0.15) is 41.8 Å². The Hall–Kier alpha value is -2.18. The summed E-state index contributed by atoms with van der Waals surface area (Å²) in [5, 5.41) is 1.40. The van der Waals surface area contributed by atoms with Gasteiger partial charge in [0.2, 0.25) is 0 Å². The van der Waals surface area contributed by atoms with Crippen molar-refractivity contribution in [2.75, 3.05) is 26.2 Å². The van der Waals surface area contributed by atoms with Crippen LogP contribution in [-0.2, 0) is 0 Å². The Bertz CT molecular complexity index is 1070. The summed E-state index contributed by atoms with van der Waals surface area (Å²) in [7, 11) is 0. The molecule has 5 nitrogen and oxygen atoms in total. The maximum Gasteiger partial charge on any atom is 0.345 e. The van der Waals surface area contributed by atoms with Gasteiger partial charge in [-0.05, 0) is 57.0 Å². The third kappa shape index (κ3) is 3.14. The van der Waals surface area contributed by atoms with Gasteiger partial charge in [0.25, 0.3) is 5.91 Å². The average molecular weight is 397 g/mol. The molecule has 1 amide bonds. The van der Waals surface area contributed by atoms with Gasteiger partial charge in [-0.25, -0.2) is 4.79 Å². The van der Waals surface area contributed by atoms with E-state index in [1.807, 2.05) is 23.1 Å². The van der Waals surface area contributed by atoms with Crippen LogP contribution in [0.4, 0.5) is 0 Å². The molecule has 3 aromatic rings. The van der Waals surface area contributed by atoms with E-state index in [1.54, 1.807) is 12.1 Å². The molecule has 6 heteroatoms. The van der Waals surface area contributed by atoms with E-state index in [-0.39, 0.29) is 11.5 Å². The molecule has 2 aliphatic heterocycles. The third-order valence-corrected chi connectivity index (χ3v) is 7.31. The fourth-order valence-electron chi connectivity index (χ4n) is 4.62. The largest absolute Gasteiger partial charge is 0.422 e. The number of thiophene rings is 1. The zero-order valence-electron chi connectivity index (χ0n) is 15.9. The number of amides is 1. The smallest absolute Gasteiger partial charge is 0.345 e. The highest BCUT2D eigenvalue weighted by Crippen LogP contribution is 2.32. The fraction of sp³-hybridized carbons (Fsp3) is 0.455. The predicted molar refractivity (Wildman–Crippen MR) is 112 cm³/mol. The lowest BCUT2D eigenvalue weighted by atomic mass is 10.00. The molecule has 2 fully saturated rings. The lowest BCUT2D eigenvalue weighted by Gasteiger charge is -2.40. The van der Waals surface area contributed by atoms with Crippen LogP contribution < -0.4 is 5.63 Å². The van der Waals surface area contributed by atoms with Crippen LogP contribution in [0.5, 0.6) is 0 Å². The first-order chi connectivity index (χ1) is 13.7. The summed E-state index contributed by atoms with van der Waals surface area (Å²) in [5.41, 5.74) is 0.205. The van der Waals surface area contributed by atoms with Gasteiger partial charge in [-0.3, -0.25) is 4.79 Å². The van der Waals surface area contributed by atoms with Crippen molar-refractivity contribution in [2.24, 2.45) is 0 Å². The second-order valence-corrected chi connectivity index (χ2v) is 8.91. The molecule has 2 aliphatic rings. The summed E-state index contributed by atoms with van der Waals surface area (Å²) in [6, 6.07) is 9.84. The van der Waals surface area contributed by atoms with Gasteiger partial charge in [0.05, 0.1) is 15.0 Å². The van der Waals surface area contributed by atoms with Gasteiger partial charge in [0.15, 0.2) is 0 Å². The molecule has 0 radical (unpaired) electrons. The molecule has 0 bridgehead atoms. The molecule has 0 N–H and O–H groups in total. The first-order valence-corrected chi connectivity index (χ1v) is 11.0.